The second-order valence-electron chi connectivity index (χ2n) is 4.80. The lowest BCUT2D eigenvalue weighted by atomic mass is 10.2. The number of aromatic nitrogens is 5. The average molecular weight is 310 g/mol. The van der Waals surface area contributed by atoms with E-state index in [2.05, 4.69) is 25.3 Å². The zero-order chi connectivity index (χ0) is 15.5. The Bertz CT molecular complexity index is 661. The van der Waals surface area contributed by atoms with Gasteiger partial charge < -0.3 is 20.1 Å². The summed E-state index contributed by atoms with van der Waals surface area (Å²) in [6, 6.07) is 0. The predicted molar refractivity (Wildman–Crippen MR) is 70.2 cm³/mol. The summed E-state index contributed by atoms with van der Waals surface area (Å²) < 4.78 is 16.0. The van der Waals surface area contributed by atoms with Crippen molar-refractivity contribution in [3.63, 3.8) is 0 Å². The maximum atomic E-state index is 11.9. The topological polar surface area (TPSA) is 136 Å². The molecule has 0 bridgehead atoms. The summed E-state index contributed by atoms with van der Waals surface area (Å²) in [5, 5.41) is 15.0. The van der Waals surface area contributed by atoms with Crippen LogP contribution in [0.2, 0.25) is 0 Å². The third kappa shape index (κ3) is 2.63. The van der Waals surface area contributed by atoms with Crippen LogP contribution in [0.4, 0.5) is 5.82 Å². The second-order valence-corrected chi connectivity index (χ2v) is 4.80. The number of anilines is 1. The Morgan fingerprint density at radius 2 is 2.18 bits per heavy atom. The van der Waals surface area contributed by atoms with Crippen LogP contribution in [0.1, 0.15) is 16.2 Å². The van der Waals surface area contributed by atoms with Crippen LogP contribution in [-0.2, 0) is 16.0 Å². The number of quaternary nitrogens is 1. The molecule has 3 N–H and O–H groups in total. The number of carbonyl (C=O) groups excluding carboxylic acids is 1. The SMILES string of the molecule is COC(=O)c1nnn(-c2nonc2N)c1C[NH+]1CCOCC1. The highest BCUT2D eigenvalue weighted by atomic mass is 16.6. The number of hydrogen-bond donors (Lipinski definition) is 2. The molecule has 22 heavy (non-hydrogen) atoms. The minimum absolute atomic E-state index is 0.0690. The number of morpholine rings is 1. The van der Waals surface area contributed by atoms with Gasteiger partial charge in [-0.05, 0) is 10.3 Å². The summed E-state index contributed by atoms with van der Waals surface area (Å²) >= 11 is 0. The van der Waals surface area contributed by atoms with Crippen LogP contribution in [-0.4, -0.2) is 64.7 Å². The van der Waals surface area contributed by atoms with Gasteiger partial charge in [-0.1, -0.05) is 5.21 Å². The normalized spacial score (nSPS) is 15.9. The lowest BCUT2D eigenvalue weighted by molar-refractivity contribution is -0.921. The highest BCUT2D eigenvalue weighted by molar-refractivity contribution is 5.88. The smallest absolute Gasteiger partial charge is 0.360 e. The number of hydrogen-bond acceptors (Lipinski definition) is 9. The average Bonchev–Trinajstić information content (AvgIpc) is 3.13. The van der Waals surface area contributed by atoms with Gasteiger partial charge in [0.1, 0.15) is 25.3 Å². The molecule has 1 saturated heterocycles. The molecular weight excluding hydrogens is 294 g/mol. The molecule has 0 radical (unpaired) electrons. The number of ether oxygens (including phenoxy) is 2. The molecule has 3 rings (SSSR count). The number of nitrogens with two attached hydrogens (primary N) is 1. The van der Waals surface area contributed by atoms with Crippen molar-refractivity contribution in [2.75, 3.05) is 39.1 Å². The molecule has 0 unspecified atom stereocenters. The van der Waals surface area contributed by atoms with E-state index in [9.17, 15) is 4.79 Å². The van der Waals surface area contributed by atoms with Gasteiger partial charge >= 0.3 is 5.97 Å². The molecule has 1 aliphatic rings. The fraction of sp³-hybridized carbons (Fsp3) is 0.545. The number of carbonyl (C=O) groups is 1. The summed E-state index contributed by atoms with van der Waals surface area (Å²) in [6.45, 7) is 3.47. The van der Waals surface area contributed by atoms with Crippen molar-refractivity contribution in [3.05, 3.63) is 11.4 Å². The number of nitrogen functional groups attached to an aromatic ring is 1. The third-order valence-electron chi connectivity index (χ3n) is 3.46. The van der Waals surface area contributed by atoms with Gasteiger partial charge in [0, 0.05) is 0 Å². The Morgan fingerprint density at radius 1 is 1.41 bits per heavy atom. The van der Waals surface area contributed by atoms with Crippen LogP contribution in [0.3, 0.4) is 0 Å². The van der Waals surface area contributed by atoms with Crippen LogP contribution in [0.5, 0.6) is 0 Å². The molecule has 11 nitrogen and oxygen atoms in total. The Balaban J connectivity index is 1.97. The number of methoxy groups -OCH3 is 1. The van der Waals surface area contributed by atoms with Gasteiger partial charge in [-0.3, -0.25) is 0 Å². The third-order valence-corrected chi connectivity index (χ3v) is 3.46. The van der Waals surface area contributed by atoms with Gasteiger partial charge in [0.05, 0.1) is 20.3 Å². The highest BCUT2D eigenvalue weighted by Crippen LogP contribution is 2.15. The summed E-state index contributed by atoms with van der Waals surface area (Å²) in [6.07, 6.45) is 0. The summed E-state index contributed by atoms with van der Waals surface area (Å²) in [7, 11) is 1.29. The van der Waals surface area contributed by atoms with E-state index in [1.165, 1.54) is 16.7 Å². The Morgan fingerprint density at radius 3 is 2.82 bits per heavy atom. The van der Waals surface area contributed by atoms with Crippen molar-refractivity contribution >= 4 is 11.8 Å². The van der Waals surface area contributed by atoms with Crippen molar-refractivity contribution in [1.29, 1.82) is 0 Å². The van der Waals surface area contributed by atoms with Gasteiger partial charge in [0.15, 0.2) is 5.69 Å². The maximum absolute atomic E-state index is 11.9. The van der Waals surface area contributed by atoms with Crippen molar-refractivity contribution < 1.29 is 23.8 Å². The van der Waals surface area contributed by atoms with Crippen molar-refractivity contribution in [3.8, 4) is 5.82 Å². The van der Waals surface area contributed by atoms with Crippen molar-refractivity contribution in [1.82, 2.24) is 25.3 Å². The summed E-state index contributed by atoms with van der Waals surface area (Å²) in [4.78, 5) is 13.1. The van der Waals surface area contributed by atoms with E-state index in [0.29, 0.717) is 25.5 Å². The van der Waals surface area contributed by atoms with E-state index in [1.807, 2.05) is 0 Å². The quantitative estimate of drug-likeness (QED) is 0.584. The zero-order valence-corrected chi connectivity index (χ0v) is 12.0. The first-order valence-corrected chi connectivity index (χ1v) is 6.73. The van der Waals surface area contributed by atoms with Crippen LogP contribution < -0.4 is 10.6 Å². The van der Waals surface area contributed by atoms with Gasteiger partial charge in [0.25, 0.3) is 0 Å². The largest absolute Gasteiger partial charge is 0.464 e. The lowest BCUT2D eigenvalue weighted by Crippen LogP contribution is -3.12. The predicted octanol–water partition coefficient (Wildman–Crippen LogP) is -2.57. The molecule has 0 aliphatic carbocycles. The highest BCUT2D eigenvalue weighted by Gasteiger charge is 2.28. The molecule has 1 fully saturated rings. The van der Waals surface area contributed by atoms with Crippen LogP contribution in [0, 0.1) is 0 Å². The fourth-order valence-corrected chi connectivity index (χ4v) is 2.30. The molecular formula is C11H16N7O4+. The molecule has 0 aromatic carbocycles. The van der Waals surface area contributed by atoms with E-state index < -0.39 is 5.97 Å². The molecule has 0 spiro atoms. The monoisotopic (exact) mass is 310 g/mol. The molecule has 3 heterocycles. The van der Waals surface area contributed by atoms with Crippen molar-refractivity contribution in [2.24, 2.45) is 0 Å². The first-order valence-electron chi connectivity index (χ1n) is 6.73. The van der Waals surface area contributed by atoms with E-state index in [4.69, 9.17) is 15.2 Å². The molecule has 2 aromatic rings. The van der Waals surface area contributed by atoms with Gasteiger partial charge in [-0.15, -0.1) is 5.10 Å². The number of nitrogens with zero attached hydrogens (tertiary/aromatic N) is 5. The Kier molecular flexibility index (Phi) is 3.98. The standard InChI is InChI=1S/C11H15N7O4/c1-20-11(19)8-7(6-17-2-4-21-5-3-17)18(16-13-8)10-9(12)14-22-15-10/h2-6H2,1H3,(H2,12,14)/p+1. The molecule has 0 atom stereocenters. The summed E-state index contributed by atoms with van der Waals surface area (Å²) in [5.41, 5.74) is 6.37. The van der Waals surface area contributed by atoms with E-state index >= 15 is 0 Å². The summed E-state index contributed by atoms with van der Waals surface area (Å²) in [5.74, 6) is -0.297. The number of esters is 1. The first kappa shape index (κ1) is 14.4. The Hall–Kier alpha value is -2.53. The van der Waals surface area contributed by atoms with Gasteiger partial charge in [-0.25, -0.2) is 9.42 Å². The van der Waals surface area contributed by atoms with Crippen LogP contribution in [0.25, 0.3) is 5.82 Å². The van der Waals surface area contributed by atoms with Crippen LogP contribution in [0.15, 0.2) is 4.63 Å². The van der Waals surface area contributed by atoms with Crippen LogP contribution >= 0.6 is 0 Å². The minimum atomic E-state index is -0.566. The van der Waals surface area contributed by atoms with Gasteiger partial charge in [-0.2, -0.15) is 4.68 Å². The number of nitrogens with one attached hydrogen (secondary N) is 1. The van der Waals surface area contributed by atoms with E-state index in [0.717, 1.165) is 13.1 Å². The molecule has 118 valence electrons. The van der Waals surface area contributed by atoms with E-state index in [-0.39, 0.29) is 17.3 Å². The van der Waals surface area contributed by atoms with Crippen molar-refractivity contribution in [2.45, 2.75) is 6.54 Å². The minimum Gasteiger partial charge on any atom is -0.464 e. The van der Waals surface area contributed by atoms with E-state index in [1.54, 1.807) is 0 Å². The molecule has 1 aliphatic heterocycles. The second kappa shape index (κ2) is 6.07. The fourth-order valence-electron chi connectivity index (χ4n) is 2.30. The molecule has 11 heteroatoms. The zero-order valence-electron chi connectivity index (χ0n) is 12.0. The first-order chi connectivity index (χ1) is 10.7. The number of rotatable bonds is 4. The molecule has 0 saturated carbocycles. The maximum Gasteiger partial charge on any atom is 0.360 e. The Labute approximate surface area is 124 Å². The molecule has 2 aromatic heterocycles. The lowest BCUT2D eigenvalue weighted by Gasteiger charge is -2.23. The molecule has 0 amide bonds. The van der Waals surface area contributed by atoms with Gasteiger partial charge in [0.2, 0.25) is 11.6 Å².